The van der Waals surface area contributed by atoms with Crippen LogP contribution in [0.3, 0.4) is 0 Å². The van der Waals surface area contributed by atoms with Crippen LogP contribution in [0.4, 0.5) is 0 Å². The summed E-state index contributed by atoms with van der Waals surface area (Å²) in [5.41, 5.74) is 0. The van der Waals surface area contributed by atoms with Gasteiger partial charge in [-0.2, -0.15) is 0 Å². The summed E-state index contributed by atoms with van der Waals surface area (Å²) in [6.45, 7) is 4.11. The molecule has 0 radical (unpaired) electrons. The summed E-state index contributed by atoms with van der Waals surface area (Å²) < 4.78 is 20.3. The zero-order chi connectivity index (χ0) is 13.9. The molecule has 1 rings (SSSR count). The second kappa shape index (κ2) is 6.12. The fourth-order valence-electron chi connectivity index (χ4n) is 1.96. The van der Waals surface area contributed by atoms with Gasteiger partial charge in [-0.05, 0) is 6.92 Å². The first-order valence-electron chi connectivity index (χ1n) is 5.57. The number of rotatable bonds is 4. The van der Waals surface area contributed by atoms with Crippen LogP contribution in [0.1, 0.15) is 20.8 Å². The molecule has 0 aromatic carbocycles. The largest absolute Gasteiger partial charge is 0.460 e. The van der Waals surface area contributed by atoms with E-state index in [-0.39, 0.29) is 0 Å². The molecule has 0 amide bonds. The molecule has 18 heavy (non-hydrogen) atoms. The molecule has 0 unspecified atom stereocenters. The quantitative estimate of drug-likeness (QED) is 0.689. The van der Waals surface area contributed by atoms with E-state index in [2.05, 4.69) is 0 Å². The van der Waals surface area contributed by atoms with Crippen LogP contribution in [-0.2, 0) is 28.5 Å². The van der Waals surface area contributed by atoms with Crippen molar-refractivity contribution in [1.82, 2.24) is 0 Å². The number of ether oxygens (including phenoxy) is 4. The molecule has 1 N–H and O–H groups in total. The Hall–Kier alpha value is -1.18. The molecule has 0 spiro atoms. The first-order valence-corrected chi connectivity index (χ1v) is 5.57. The van der Waals surface area contributed by atoms with E-state index < -0.39 is 42.6 Å². The molecule has 0 saturated carbocycles. The lowest BCUT2D eigenvalue weighted by molar-refractivity contribution is -0.176. The van der Waals surface area contributed by atoms with E-state index in [0.29, 0.717) is 0 Å². The number of carbonyl (C=O) groups excluding carboxylic acids is 2. The maximum atomic E-state index is 10.9. The molecule has 0 bridgehead atoms. The second-order valence-electron chi connectivity index (χ2n) is 4.08. The zero-order valence-corrected chi connectivity index (χ0v) is 10.8. The van der Waals surface area contributed by atoms with Crippen molar-refractivity contribution in [2.75, 3.05) is 7.11 Å². The normalized spacial score (nSPS) is 32.9. The standard InChI is InChI=1S/C11H18O7/c1-5(16-6(2)12)8-9(15-4)10(11(14)18-8)17-7(3)13/h5,8-11,14H,1-4H3/t5-,8+,9-,10+,11+/m1/s1. The first kappa shape index (κ1) is 14.9. The number of carbonyl (C=O) groups is 2. The number of esters is 2. The molecule has 0 aromatic rings. The van der Waals surface area contributed by atoms with Crippen molar-refractivity contribution in [3.05, 3.63) is 0 Å². The van der Waals surface area contributed by atoms with E-state index in [0.717, 1.165) is 0 Å². The molecule has 7 nitrogen and oxygen atoms in total. The van der Waals surface area contributed by atoms with Gasteiger partial charge in [-0.15, -0.1) is 0 Å². The molecule has 0 aromatic heterocycles. The van der Waals surface area contributed by atoms with Crippen molar-refractivity contribution in [2.24, 2.45) is 0 Å². The van der Waals surface area contributed by atoms with Crippen molar-refractivity contribution in [3.8, 4) is 0 Å². The monoisotopic (exact) mass is 262 g/mol. The van der Waals surface area contributed by atoms with Crippen molar-refractivity contribution in [3.63, 3.8) is 0 Å². The Morgan fingerprint density at radius 3 is 2.28 bits per heavy atom. The van der Waals surface area contributed by atoms with Crippen LogP contribution >= 0.6 is 0 Å². The molecule has 7 heteroatoms. The Labute approximate surface area is 105 Å². The van der Waals surface area contributed by atoms with Crippen molar-refractivity contribution in [2.45, 2.75) is 51.5 Å². The average molecular weight is 262 g/mol. The Kier molecular flexibility index (Phi) is 5.06. The van der Waals surface area contributed by atoms with E-state index in [9.17, 15) is 14.7 Å². The summed E-state index contributed by atoms with van der Waals surface area (Å²) >= 11 is 0. The maximum Gasteiger partial charge on any atom is 0.303 e. The Morgan fingerprint density at radius 1 is 1.22 bits per heavy atom. The van der Waals surface area contributed by atoms with Gasteiger partial charge in [-0.25, -0.2) is 0 Å². The third-order valence-electron chi connectivity index (χ3n) is 2.61. The van der Waals surface area contributed by atoms with Crippen LogP contribution in [0.15, 0.2) is 0 Å². The average Bonchev–Trinajstić information content (AvgIpc) is 2.54. The molecule has 0 aliphatic carbocycles. The van der Waals surface area contributed by atoms with Gasteiger partial charge < -0.3 is 24.1 Å². The SMILES string of the molecule is CO[C@@H]1[C@H]([C@@H](C)OC(C)=O)O[C@H](O)[C@H]1OC(C)=O. The summed E-state index contributed by atoms with van der Waals surface area (Å²) in [7, 11) is 1.40. The van der Waals surface area contributed by atoms with Gasteiger partial charge >= 0.3 is 11.9 Å². The predicted molar refractivity (Wildman–Crippen MR) is 58.5 cm³/mol. The molecule has 1 fully saturated rings. The third kappa shape index (κ3) is 3.41. The number of aliphatic hydroxyl groups is 1. The van der Waals surface area contributed by atoms with Crippen LogP contribution in [-0.4, -0.2) is 54.9 Å². The summed E-state index contributed by atoms with van der Waals surface area (Å²) in [6, 6.07) is 0. The van der Waals surface area contributed by atoms with E-state index in [1.165, 1.54) is 21.0 Å². The third-order valence-corrected chi connectivity index (χ3v) is 2.61. The fraction of sp³-hybridized carbons (Fsp3) is 0.818. The van der Waals surface area contributed by atoms with Crippen molar-refractivity contribution in [1.29, 1.82) is 0 Å². The minimum atomic E-state index is -1.30. The highest BCUT2D eigenvalue weighted by Gasteiger charge is 2.49. The molecular formula is C11H18O7. The molecule has 1 heterocycles. The molecule has 1 aliphatic heterocycles. The summed E-state index contributed by atoms with van der Waals surface area (Å²) in [5, 5.41) is 9.67. The number of aliphatic hydroxyl groups excluding tert-OH is 1. The van der Waals surface area contributed by atoms with E-state index >= 15 is 0 Å². The molecule has 104 valence electrons. The van der Waals surface area contributed by atoms with E-state index in [1.807, 2.05) is 0 Å². The molecule has 1 saturated heterocycles. The number of methoxy groups -OCH3 is 1. The van der Waals surface area contributed by atoms with Gasteiger partial charge in [0.05, 0.1) is 0 Å². The molecular weight excluding hydrogens is 244 g/mol. The lowest BCUT2D eigenvalue weighted by atomic mass is 10.1. The first-order chi connectivity index (χ1) is 8.36. The van der Waals surface area contributed by atoms with E-state index in [1.54, 1.807) is 6.92 Å². The van der Waals surface area contributed by atoms with Crippen LogP contribution in [0.25, 0.3) is 0 Å². The Bertz CT molecular complexity index is 317. The van der Waals surface area contributed by atoms with Gasteiger partial charge in [0.25, 0.3) is 0 Å². The van der Waals surface area contributed by atoms with E-state index in [4.69, 9.17) is 18.9 Å². The van der Waals surface area contributed by atoms with Crippen LogP contribution in [0, 0.1) is 0 Å². The van der Waals surface area contributed by atoms with Crippen LogP contribution in [0.2, 0.25) is 0 Å². The van der Waals surface area contributed by atoms with Crippen molar-refractivity contribution >= 4 is 11.9 Å². The lowest BCUT2D eigenvalue weighted by Crippen LogP contribution is -2.42. The summed E-state index contributed by atoms with van der Waals surface area (Å²) in [4.78, 5) is 21.8. The van der Waals surface area contributed by atoms with Crippen LogP contribution in [0.5, 0.6) is 0 Å². The zero-order valence-electron chi connectivity index (χ0n) is 10.8. The fourth-order valence-corrected chi connectivity index (χ4v) is 1.96. The molecule has 1 aliphatic rings. The highest BCUT2D eigenvalue weighted by molar-refractivity contribution is 5.66. The summed E-state index contributed by atoms with van der Waals surface area (Å²) in [6.07, 6.45) is -4.25. The van der Waals surface area contributed by atoms with Crippen LogP contribution < -0.4 is 0 Å². The smallest absolute Gasteiger partial charge is 0.303 e. The van der Waals surface area contributed by atoms with Gasteiger partial charge in [0, 0.05) is 21.0 Å². The van der Waals surface area contributed by atoms with Gasteiger partial charge in [-0.1, -0.05) is 0 Å². The van der Waals surface area contributed by atoms with Gasteiger partial charge in [-0.3, -0.25) is 9.59 Å². The van der Waals surface area contributed by atoms with Gasteiger partial charge in [0.15, 0.2) is 12.4 Å². The van der Waals surface area contributed by atoms with Gasteiger partial charge in [0.2, 0.25) is 0 Å². The summed E-state index contributed by atoms with van der Waals surface area (Å²) in [5.74, 6) is -1.02. The highest BCUT2D eigenvalue weighted by Crippen LogP contribution is 2.28. The molecule has 5 atom stereocenters. The lowest BCUT2D eigenvalue weighted by Gasteiger charge is -2.24. The minimum Gasteiger partial charge on any atom is -0.460 e. The number of hydrogen-bond donors (Lipinski definition) is 1. The highest BCUT2D eigenvalue weighted by atomic mass is 16.7. The maximum absolute atomic E-state index is 10.9. The predicted octanol–water partition coefficient (Wildman–Crippen LogP) is -0.398. The van der Waals surface area contributed by atoms with Gasteiger partial charge in [0.1, 0.15) is 18.3 Å². The Balaban J connectivity index is 2.76. The second-order valence-corrected chi connectivity index (χ2v) is 4.08. The number of hydrogen-bond acceptors (Lipinski definition) is 7. The Morgan fingerprint density at radius 2 is 1.83 bits per heavy atom. The topological polar surface area (TPSA) is 91.3 Å². The minimum absolute atomic E-state index is 0.466. The van der Waals surface area contributed by atoms with Crippen molar-refractivity contribution < 1.29 is 33.6 Å².